The Bertz CT molecular complexity index is 678. The van der Waals surface area contributed by atoms with Crippen LogP contribution in [0.5, 0.6) is 5.75 Å². The predicted molar refractivity (Wildman–Crippen MR) is 74.8 cm³/mol. The lowest BCUT2D eigenvalue weighted by molar-refractivity contribution is -0.384. The fourth-order valence-electron chi connectivity index (χ4n) is 1.73. The first-order valence-electron chi connectivity index (χ1n) is 5.96. The molecular formula is C14H11ClFNO4. The van der Waals surface area contributed by atoms with Crippen LogP contribution in [0.4, 0.5) is 10.1 Å². The Morgan fingerprint density at radius 2 is 2.00 bits per heavy atom. The van der Waals surface area contributed by atoms with Gasteiger partial charge in [0.05, 0.1) is 16.6 Å². The van der Waals surface area contributed by atoms with Crippen molar-refractivity contribution >= 4 is 17.3 Å². The van der Waals surface area contributed by atoms with Crippen LogP contribution in [0.25, 0.3) is 0 Å². The van der Waals surface area contributed by atoms with E-state index in [4.69, 9.17) is 21.4 Å². The summed E-state index contributed by atoms with van der Waals surface area (Å²) in [6.45, 7) is -0.309. The molecule has 0 unspecified atom stereocenters. The lowest BCUT2D eigenvalue weighted by Crippen LogP contribution is -2.00. The van der Waals surface area contributed by atoms with E-state index in [2.05, 4.69) is 0 Å². The zero-order valence-electron chi connectivity index (χ0n) is 10.8. The number of nitro groups is 1. The van der Waals surface area contributed by atoms with Crippen LogP contribution >= 0.6 is 11.6 Å². The summed E-state index contributed by atoms with van der Waals surface area (Å²) in [5.41, 5.74) is 0.755. The van der Waals surface area contributed by atoms with Gasteiger partial charge in [-0.15, -0.1) is 0 Å². The maximum absolute atomic E-state index is 13.0. The molecule has 0 fully saturated rings. The highest BCUT2D eigenvalue weighted by molar-refractivity contribution is 6.31. The number of nitrogens with zero attached hydrogens (tertiary/aromatic N) is 1. The normalized spacial score (nSPS) is 10.4. The van der Waals surface area contributed by atoms with Gasteiger partial charge in [-0.2, -0.15) is 0 Å². The number of aliphatic hydroxyl groups is 1. The van der Waals surface area contributed by atoms with Crippen molar-refractivity contribution in [3.8, 4) is 5.75 Å². The van der Waals surface area contributed by atoms with Crippen molar-refractivity contribution in [3.63, 3.8) is 0 Å². The van der Waals surface area contributed by atoms with Gasteiger partial charge in [-0.1, -0.05) is 11.6 Å². The molecule has 21 heavy (non-hydrogen) atoms. The van der Waals surface area contributed by atoms with Gasteiger partial charge in [0.2, 0.25) is 0 Å². The van der Waals surface area contributed by atoms with E-state index in [1.54, 1.807) is 0 Å². The minimum atomic E-state index is -0.541. The van der Waals surface area contributed by atoms with Crippen molar-refractivity contribution in [2.75, 3.05) is 0 Å². The third-order valence-corrected chi connectivity index (χ3v) is 3.18. The largest absolute Gasteiger partial charge is 0.488 e. The van der Waals surface area contributed by atoms with Gasteiger partial charge in [0, 0.05) is 23.3 Å². The molecule has 1 N–H and O–H groups in total. The second kappa shape index (κ2) is 6.51. The van der Waals surface area contributed by atoms with Crippen LogP contribution in [0.2, 0.25) is 5.02 Å². The van der Waals surface area contributed by atoms with Crippen molar-refractivity contribution in [1.82, 2.24) is 0 Å². The fraction of sp³-hybridized carbons (Fsp3) is 0.143. The molecule has 7 heteroatoms. The maximum atomic E-state index is 13.0. The van der Waals surface area contributed by atoms with Gasteiger partial charge in [0.1, 0.15) is 18.2 Å². The third-order valence-electron chi connectivity index (χ3n) is 2.82. The van der Waals surface area contributed by atoms with E-state index in [1.807, 2.05) is 0 Å². The van der Waals surface area contributed by atoms with E-state index < -0.39 is 10.7 Å². The zero-order valence-corrected chi connectivity index (χ0v) is 11.5. The summed E-state index contributed by atoms with van der Waals surface area (Å²) >= 11 is 5.94. The number of nitro benzene ring substituents is 1. The molecule has 110 valence electrons. The first kappa shape index (κ1) is 15.2. The van der Waals surface area contributed by atoms with Gasteiger partial charge in [-0.25, -0.2) is 4.39 Å². The number of aliphatic hydroxyl groups excluding tert-OH is 1. The minimum absolute atomic E-state index is 0.0511. The number of ether oxygens (including phenoxy) is 1. The average molecular weight is 312 g/mol. The van der Waals surface area contributed by atoms with E-state index in [1.165, 1.54) is 36.4 Å². The lowest BCUT2D eigenvalue weighted by atomic mass is 10.2. The highest BCUT2D eigenvalue weighted by Crippen LogP contribution is 2.25. The van der Waals surface area contributed by atoms with Crippen LogP contribution in [-0.2, 0) is 13.2 Å². The number of non-ortho nitro benzene ring substituents is 1. The van der Waals surface area contributed by atoms with Crippen LogP contribution in [0.15, 0.2) is 36.4 Å². The Morgan fingerprint density at radius 1 is 1.24 bits per heavy atom. The first-order chi connectivity index (χ1) is 10.0. The standard InChI is InChI=1S/C14H11ClFNO4/c15-13-6-12(17(19)20)3-1-9(13)8-21-14-4-2-11(16)5-10(14)7-18/h1-6,18H,7-8H2. The summed E-state index contributed by atoms with van der Waals surface area (Å²) in [6, 6.07) is 7.83. The summed E-state index contributed by atoms with van der Waals surface area (Å²) in [6.07, 6.45) is 0. The molecule has 0 radical (unpaired) electrons. The summed E-state index contributed by atoms with van der Waals surface area (Å²) in [4.78, 5) is 10.1. The molecular weight excluding hydrogens is 301 g/mol. The van der Waals surface area contributed by atoms with E-state index in [-0.39, 0.29) is 23.9 Å². The van der Waals surface area contributed by atoms with Crippen molar-refractivity contribution in [2.45, 2.75) is 13.2 Å². The lowest BCUT2D eigenvalue weighted by Gasteiger charge is -2.11. The molecule has 5 nitrogen and oxygen atoms in total. The molecule has 0 saturated carbocycles. The molecule has 0 saturated heterocycles. The monoisotopic (exact) mass is 311 g/mol. The molecule has 0 aliphatic rings. The smallest absolute Gasteiger partial charge is 0.270 e. The van der Waals surface area contributed by atoms with Crippen LogP contribution in [0.1, 0.15) is 11.1 Å². The molecule has 2 aromatic carbocycles. The molecule has 0 spiro atoms. The average Bonchev–Trinajstić information content (AvgIpc) is 2.46. The molecule has 0 aromatic heterocycles. The highest BCUT2D eigenvalue weighted by Gasteiger charge is 2.11. The van der Waals surface area contributed by atoms with Gasteiger partial charge < -0.3 is 9.84 Å². The Morgan fingerprint density at radius 3 is 2.62 bits per heavy atom. The molecule has 0 amide bonds. The quantitative estimate of drug-likeness (QED) is 0.678. The van der Waals surface area contributed by atoms with E-state index in [9.17, 15) is 14.5 Å². The second-order valence-corrected chi connectivity index (χ2v) is 4.64. The summed E-state index contributed by atoms with van der Waals surface area (Å²) in [5.74, 6) is -0.145. The van der Waals surface area contributed by atoms with Gasteiger partial charge >= 0.3 is 0 Å². The Balaban J connectivity index is 2.15. The van der Waals surface area contributed by atoms with E-state index in [0.717, 1.165) is 0 Å². The summed E-state index contributed by atoms with van der Waals surface area (Å²) < 4.78 is 18.5. The number of hydrogen-bond donors (Lipinski definition) is 1. The molecule has 0 atom stereocenters. The molecule has 2 rings (SSSR count). The predicted octanol–water partition coefficient (Wildman–Crippen LogP) is 3.46. The molecule has 2 aromatic rings. The SMILES string of the molecule is O=[N+]([O-])c1ccc(COc2ccc(F)cc2CO)c(Cl)c1. The molecule has 0 heterocycles. The fourth-order valence-corrected chi connectivity index (χ4v) is 1.96. The van der Waals surface area contributed by atoms with Crippen LogP contribution in [0.3, 0.4) is 0 Å². The second-order valence-electron chi connectivity index (χ2n) is 4.23. The van der Waals surface area contributed by atoms with Crippen molar-refractivity contribution < 1.29 is 19.2 Å². The van der Waals surface area contributed by atoms with Gasteiger partial charge in [0.15, 0.2) is 0 Å². The number of benzene rings is 2. The van der Waals surface area contributed by atoms with Gasteiger partial charge in [0.25, 0.3) is 5.69 Å². The summed E-state index contributed by atoms with van der Waals surface area (Å²) in [7, 11) is 0. The number of rotatable bonds is 5. The van der Waals surface area contributed by atoms with E-state index >= 15 is 0 Å². The molecule has 0 aliphatic heterocycles. The Labute approximate surface area is 124 Å². The van der Waals surface area contributed by atoms with Crippen molar-refractivity contribution in [2.24, 2.45) is 0 Å². The molecule has 0 bridgehead atoms. The van der Waals surface area contributed by atoms with Crippen LogP contribution < -0.4 is 4.74 Å². The number of hydrogen-bond acceptors (Lipinski definition) is 4. The Hall–Kier alpha value is -2.18. The minimum Gasteiger partial charge on any atom is -0.488 e. The molecule has 0 aliphatic carbocycles. The van der Waals surface area contributed by atoms with Crippen molar-refractivity contribution in [1.29, 1.82) is 0 Å². The Kier molecular flexibility index (Phi) is 4.72. The summed E-state index contributed by atoms with van der Waals surface area (Å²) in [5, 5.41) is 20.0. The van der Waals surface area contributed by atoms with E-state index in [0.29, 0.717) is 16.9 Å². The topological polar surface area (TPSA) is 72.6 Å². The van der Waals surface area contributed by atoms with Crippen LogP contribution in [0, 0.1) is 15.9 Å². The zero-order chi connectivity index (χ0) is 15.4. The van der Waals surface area contributed by atoms with Gasteiger partial charge in [-0.3, -0.25) is 10.1 Å². The number of halogens is 2. The van der Waals surface area contributed by atoms with Crippen LogP contribution in [-0.4, -0.2) is 10.0 Å². The van der Waals surface area contributed by atoms with Crippen molar-refractivity contribution in [3.05, 3.63) is 68.5 Å². The first-order valence-corrected chi connectivity index (χ1v) is 6.34. The highest BCUT2D eigenvalue weighted by atomic mass is 35.5. The maximum Gasteiger partial charge on any atom is 0.270 e. The third kappa shape index (κ3) is 3.68. The van der Waals surface area contributed by atoms with Gasteiger partial charge in [-0.05, 0) is 24.3 Å².